The predicted molar refractivity (Wildman–Crippen MR) is 77.6 cm³/mol. The molecule has 104 valence electrons. The van der Waals surface area contributed by atoms with Crippen molar-refractivity contribution in [1.82, 2.24) is 4.98 Å². The molecule has 20 heavy (non-hydrogen) atoms. The van der Waals surface area contributed by atoms with Crippen molar-refractivity contribution in [2.24, 2.45) is 0 Å². The van der Waals surface area contributed by atoms with Gasteiger partial charge in [0.2, 0.25) is 0 Å². The molecule has 2 aromatic rings. The maximum absolute atomic E-state index is 12.2. The molecule has 5 nitrogen and oxygen atoms in total. The van der Waals surface area contributed by atoms with Crippen LogP contribution in [0.5, 0.6) is 0 Å². The van der Waals surface area contributed by atoms with Gasteiger partial charge in [-0.3, -0.25) is 4.79 Å². The van der Waals surface area contributed by atoms with E-state index in [4.69, 9.17) is 5.11 Å². The summed E-state index contributed by atoms with van der Waals surface area (Å²) in [5.74, 6) is -1.44. The molecule has 0 fully saturated rings. The Morgan fingerprint density at radius 1 is 1.30 bits per heavy atom. The number of rotatable bonds is 4. The Morgan fingerprint density at radius 3 is 2.45 bits per heavy atom. The van der Waals surface area contributed by atoms with E-state index >= 15 is 0 Å². The number of anilines is 1. The number of nitrogens with zero attached hydrogens (tertiary/aromatic N) is 2. The SMILES string of the molecule is CCc1ccc(N(C)C(=O)c2nc(C(=O)O)cs2)cc1. The zero-order chi connectivity index (χ0) is 14.7. The highest BCUT2D eigenvalue weighted by atomic mass is 32.1. The molecule has 0 saturated carbocycles. The first-order chi connectivity index (χ1) is 9.52. The van der Waals surface area contributed by atoms with Gasteiger partial charge in [0.25, 0.3) is 5.91 Å². The van der Waals surface area contributed by atoms with Crippen molar-refractivity contribution < 1.29 is 14.7 Å². The van der Waals surface area contributed by atoms with E-state index in [2.05, 4.69) is 11.9 Å². The Bertz CT molecular complexity index is 634. The number of thiazole rings is 1. The van der Waals surface area contributed by atoms with Gasteiger partial charge in [-0.1, -0.05) is 19.1 Å². The van der Waals surface area contributed by atoms with Crippen LogP contribution in [-0.4, -0.2) is 29.0 Å². The number of aromatic carboxylic acids is 1. The molecular weight excluding hydrogens is 276 g/mol. The monoisotopic (exact) mass is 290 g/mol. The minimum Gasteiger partial charge on any atom is -0.476 e. The van der Waals surface area contributed by atoms with Crippen LogP contribution in [0.4, 0.5) is 5.69 Å². The number of aromatic nitrogens is 1. The first-order valence-electron chi connectivity index (χ1n) is 6.08. The van der Waals surface area contributed by atoms with E-state index < -0.39 is 5.97 Å². The summed E-state index contributed by atoms with van der Waals surface area (Å²) in [5.41, 5.74) is 1.84. The molecule has 0 saturated heterocycles. The van der Waals surface area contributed by atoms with Crippen molar-refractivity contribution in [2.45, 2.75) is 13.3 Å². The molecule has 1 heterocycles. The van der Waals surface area contributed by atoms with E-state index in [0.717, 1.165) is 23.4 Å². The molecule has 6 heteroatoms. The van der Waals surface area contributed by atoms with Crippen LogP contribution in [0.1, 0.15) is 32.8 Å². The predicted octanol–water partition coefficient (Wildman–Crippen LogP) is 2.68. The fraction of sp³-hybridized carbons (Fsp3) is 0.214. The fourth-order valence-electron chi connectivity index (χ4n) is 1.69. The number of carbonyl (C=O) groups excluding carboxylic acids is 1. The number of hydrogen-bond acceptors (Lipinski definition) is 4. The lowest BCUT2D eigenvalue weighted by Crippen LogP contribution is -2.26. The third kappa shape index (κ3) is 2.85. The average molecular weight is 290 g/mol. The van der Waals surface area contributed by atoms with Gasteiger partial charge in [-0.05, 0) is 24.1 Å². The standard InChI is InChI=1S/C14H14N2O3S/c1-3-9-4-6-10(7-5-9)16(2)13(17)12-15-11(8-20-12)14(18)19/h4-8H,3H2,1-2H3,(H,18,19). The summed E-state index contributed by atoms with van der Waals surface area (Å²) in [6.07, 6.45) is 0.937. The van der Waals surface area contributed by atoms with Crippen molar-refractivity contribution >= 4 is 28.9 Å². The molecule has 1 aromatic carbocycles. The highest BCUT2D eigenvalue weighted by Crippen LogP contribution is 2.19. The maximum Gasteiger partial charge on any atom is 0.355 e. The molecule has 1 aromatic heterocycles. The summed E-state index contributed by atoms with van der Waals surface area (Å²) < 4.78 is 0. The maximum atomic E-state index is 12.2. The number of carboxylic acid groups (broad SMARTS) is 1. The third-order valence-corrected chi connectivity index (χ3v) is 3.77. The summed E-state index contributed by atoms with van der Waals surface area (Å²) in [7, 11) is 1.64. The van der Waals surface area contributed by atoms with E-state index in [9.17, 15) is 9.59 Å². The second-order valence-corrected chi connectivity index (χ2v) is 5.09. The first-order valence-corrected chi connectivity index (χ1v) is 6.96. The van der Waals surface area contributed by atoms with Crippen molar-refractivity contribution in [3.8, 4) is 0 Å². The molecule has 0 bridgehead atoms. The van der Waals surface area contributed by atoms with Gasteiger partial charge in [0.15, 0.2) is 10.7 Å². The van der Waals surface area contributed by atoms with Crippen LogP contribution in [0, 0.1) is 0 Å². The Hall–Kier alpha value is -2.21. The summed E-state index contributed by atoms with van der Waals surface area (Å²) >= 11 is 1.03. The molecular formula is C14H14N2O3S. The first kappa shape index (κ1) is 14.2. The number of carbonyl (C=O) groups is 2. The Morgan fingerprint density at radius 2 is 1.95 bits per heavy atom. The summed E-state index contributed by atoms with van der Waals surface area (Å²) in [4.78, 5) is 28.3. The Balaban J connectivity index is 2.20. The van der Waals surface area contributed by atoms with Crippen molar-refractivity contribution in [1.29, 1.82) is 0 Å². The lowest BCUT2D eigenvalue weighted by atomic mass is 10.1. The number of amides is 1. The lowest BCUT2D eigenvalue weighted by molar-refractivity contribution is 0.0691. The van der Waals surface area contributed by atoms with Crippen LogP contribution in [-0.2, 0) is 6.42 Å². The molecule has 1 amide bonds. The number of aryl methyl sites for hydroxylation is 1. The average Bonchev–Trinajstić information content (AvgIpc) is 2.96. The van der Waals surface area contributed by atoms with Crippen LogP contribution in [0.3, 0.4) is 0 Å². The molecule has 1 N–H and O–H groups in total. The molecule has 0 aliphatic rings. The van der Waals surface area contributed by atoms with Gasteiger partial charge in [-0.2, -0.15) is 0 Å². The lowest BCUT2D eigenvalue weighted by Gasteiger charge is -2.16. The molecule has 0 radical (unpaired) electrons. The second-order valence-electron chi connectivity index (χ2n) is 4.23. The largest absolute Gasteiger partial charge is 0.476 e. The van der Waals surface area contributed by atoms with Crippen LogP contribution in [0.15, 0.2) is 29.6 Å². The number of benzene rings is 1. The summed E-state index contributed by atoms with van der Waals surface area (Å²) in [6.45, 7) is 2.06. The van der Waals surface area contributed by atoms with Gasteiger partial charge in [0.1, 0.15) is 0 Å². The van der Waals surface area contributed by atoms with Gasteiger partial charge < -0.3 is 10.0 Å². The fourth-order valence-corrected chi connectivity index (χ4v) is 2.45. The van der Waals surface area contributed by atoms with Crippen molar-refractivity contribution in [3.05, 3.63) is 45.9 Å². The quantitative estimate of drug-likeness (QED) is 0.939. The highest BCUT2D eigenvalue weighted by Gasteiger charge is 2.19. The highest BCUT2D eigenvalue weighted by molar-refractivity contribution is 7.12. The van der Waals surface area contributed by atoms with Crippen LogP contribution in [0.2, 0.25) is 0 Å². The van der Waals surface area contributed by atoms with Gasteiger partial charge in [0.05, 0.1) is 0 Å². The molecule has 0 aliphatic carbocycles. The minimum atomic E-state index is -1.13. The van der Waals surface area contributed by atoms with E-state index in [0.29, 0.717) is 0 Å². The van der Waals surface area contributed by atoms with Gasteiger partial charge in [-0.25, -0.2) is 9.78 Å². The zero-order valence-corrected chi connectivity index (χ0v) is 12.0. The van der Waals surface area contributed by atoms with E-state index in [1.54, 1.807) is 7.05 Å². The van der Waals surface area contributed by atoms with Crippen molar-refractivity contribution in [2.75, 3.05) is 11.9 Å². The number of hydrogen-bond donors (Lipinski definition) is 1. The smallest absolute Gasteiger partial charge is 0.355 e. The van der Waals surface area contributed by atoms with E-state index in [1.807, 2.05) is 24.3 Å². The molecule has 0 spiro atoms. The Labute approximate surface area is 120 Å². The Kier molecular flexibility index (Phi) is 4.14. The molecule has 0 aliphatic heterocycles. The number of carboxylic acids is 1. The van der Waals surface area contributed by atoms with Gasteiger partial charge >= 0.3 is 5.97 Å². The van der Waals surface area contributed by atoms with Crippen molar-refractivity contribution in [3.63, 3.8) is 0 Å². The zero-order valence-electron chi connectivity index (χ0n) is 11.2. The minimum absolute atomic E-state index is 0.104. The van der Waals surface area contributed by atoms with Crippen LogP contribution < -0.4 is 4.90 Å². The summed E-state index contributed by atoms with van der Waals surface area (Å²) in [5, 5.41) is 10.3. The van der Waals surface area contributed by atoms with Gasteiger partial charge in [-0.15, -0.1) is 11.3 Å². The second kappa shape index (κ2) is 5.83. The molecule has 2 rings (SSSR count). The van der Waals surface area contributed by atoms with Gasteiger partial charge in [0, 0.05) is 18.1 Å². The molecule has 0 atom stereocenters. The topological polar surface area (TPSA) is 70.5 Å². The summed E-state index contributed by atoms with van der Waals surface area (Å²) in [6, 6.07) is 7.65. The van der Waals surface area contributed by atoms with E-state index in [-0.39, 0.29) is 16.6 Å². The van der Waals surface area contributed by atoms with Crippen LogP contribution >= 0.6 is 11.3 Å². The normalized spacial score (nSPS) is 10.3. The molecule has 0 unspecified atom stereocenters. The van der Waals surface area contributed by atoms with Crippen LogP contribution in [0.25, 0.3) is 0 Å². The third-order valence-electron chi connectivity index (χ3n) is 2.94. The van der Waals surface area contributed by atoms with E-state index in [1.165, 1.54) is 15.8 Å².